The predicted molar refractivity (Wildman–Crippen MR) is 74.5 cm³/mol. The van der Waals surface area contributed by atoms with Crippen LogP contribution in [-0.4, -0.2) is 18.1 Å². The predicted octanol–water partition coefficient (Wildman–Crippen LogP) is 3.64. The van der Waals surface area contributed by atoms with Crippen LogP contribution in [0.3, 0.4) is 0 Å². The molecule has 1 N–H and O–H groups in total. The monoisotopic (exact) mass is 261 g/mol. The highest BCUT2D eigenvalue weighted by Crippen LogP contribution is 2.28. The Bertz CT molecular complexity index is 519. The highest BCUT2D eigenvalue weighted by atomic mass is 32.1. The van der Waals surface area contributed by atoms with Crippen molar-refractivity contribution in [1.29, 1.82) is 0 Å². The fourth-order valence-corrected chi connectivity index (χ4v) is 2.61. The Morgan fingerprint density at radius 3 is 2.44 bits per heavy atom. The first kappa shape index (κ1) is 12.6. The zero-order valence-electron chi connectivity index (χ0n) is 10.3. The molecule has 0 radical (unpaired) electrons. The van der Waals surface area contributed by atoms with Crippen LogP contribution in [-0.2, 0) is 0 Å². The van der Waals surface area contributed by atoms with Crippen LogP contribution >= 0.6 is 11.3 Å². The number of carbonyl (C=O) groups is 1. The fraction of sp³-hybridized carbons (Fsp3) is 0.214. The van der Waals surface area contributed by atoms with E-state index < -0.39 is 5.97 Å². The van der Waals surface area contributed by atoms with Gasteiger partial charge in [0.2, 0.25) is 0 Å². The van der Waals surface area contributed by atoms with Crippen molar-refractivity contribution < 1.29 is 9.90 Å². The highest BCUT2D eigenvalue weighted by Gasteiger charge is 2.13. The third kappa shape index (κ3) is 2.54. The van der Waals surface area contributed by atoms with Crippen LogP contribution in [0.4, 0.5) is 5.69 Å². The molecule has 2 rings (SSSR count). The number of anilines is 1. The molecule has 18 heavy (non-hydrogen) atoms. The number of aromatic carboxylic acids is 1. The summed E-state index contributed by atoms with van der Waals surface area (Å²) in [5.41, 5.74) is 1.33. The molecule has 0 fully saturated rings. The Hall–Kier alpha value is -1.81. The topological polar surface area (TPSA) is 40.5 Å². The van der Waals surface area contributed by atoms with Gasteiger partial charge < -0.3 is 10.0 Å². The Morgan fingerprint density at radius 2 is 1.94 bits per heavy atom. The molecule has 0 saturated carbocycles. The largest absolute Gasteiger partial charge is 0.478 e. The Balaban J connectivity index is 2.18. The molecule has 0 amide bonds. The van der Waals surface area contributed by atoms with Gasteiger partial charge in [-0.2, -0.15) is 0 Å². The molecule has 3 nitrogen and oxygen atoms in total. The van der Waals surface area contributed by atoms with Crippen LogP contribution in [0.2, 0.25) is 0 Å². The first-order chi connectivity index (χ1) is 8.59. The summed E-state index contributed by atoms with van der Waals surface area (Å²) in [5.74, 6) is -0.893. The van der Waals surface area contributed by atoms with E-state index in [4.69, 9.17) is 5.11 Å². The van der Waals surface area contributed by atoms with Crippen LogP contribution in [0.5, 0.6) is 0 Å². The molecule has 1 aromatic heterocycles. The van der Waals surface area contributed by atoms with Crippen molar-refractivity contribution in [3.8, 4) is 0 Å². The van der Waals surface area contributed by atoms with E-state index in [-0.39, 0.29) is 6.04 Å². The fourth-order valence-electron chi connectivity index (χ4n) is 1.78. The number of benzene rings is 1. The van der Waals surface area contributed by atoms with Gasteiger partial charge in [0.1, 0.15) is 0 Å². The second kappa shape index (κ2) is 5.23. The smallest absolute Gasteiger partial charge is 0.335 e. The molecule has 0 aliphatic carbocycles. The molecule has 0 spiro atoms. The average molecular weight is 261 g/mol. The molecule has 1 aromatic carbocycles. The van der Waals surface area contributed by atoms with Gasteiger partial charge in [-0.3, -0.25) is 0 Å². The Labute approximate surface area is 110 Å². The third-order valence-electron chi connectivity index (χ3n) is 3.06. The standard InChI is InChI=1S/C14H15NO2S/c1-10(13-4-3-9-18-13)15(2)12-7-5-11(6-8-12)14(16)17/h3-10H,1-2H3,(H,16,17). The minimum Gasteiger partial charge on any atom is -0.478 e. The normalized spacial score (nSPS) is 12.1. The van der Waals surface area contributed by atoms with Crippen LogP contribution in [0.25, 0.3) is 0 Å². The van der Waals surface area contributed by atoms with E-state index in [0.29, 0.717) is 5.56 Å². The van der Waals surface area contributed by atoms with E-state index in [1.807, 2.05) is 25.2 Å². The van der Waals surface area contributed by atoms with Gasteiger partial charge in [-0.25, -0.2) is 4.79 Å². The van der Waals surface area contributed by atoms with Gasteiger partial charge in [-0.1, -0.05) is 6.07 Å². The summed E-state index contributed by atoms with van der Waals surface area (Å²) in [6.45, 7) is 2.14. The van der Waals surface area contributed by atoms with Gasteiger partial charge in [-0.15, -0.1) is 11.3 Å². The number of rotatable bonds is 4. The van der Waals surface area contributed by atoms with Crippen molar-refractivity contribution in [1.82, 2.24) is 0 Å². The van der Waals surface area contributed by atoms with E-state index in [1.54, 1.807) is 23.5 Å². The molecule has 1 unspecified atom stereocenters. The lowest BCUT2D eigenvalue weighted by molar-refractivity contribution is 0.0697. The molecule has 94 valence electrons. The van der Waals surface area contributed by atoms with Crippen molar-refractivity contribution in [2.45, 2.75) is 13.0 Å². The van der Waals surface area contributed by atoms with Gasteiger partial charge in [0.15, 0.2) is 0 Å². The maximum absolute atomic E-state index is 10.8. The summed E-state index contributed by atoms with van der Waals surface area (Å²) >= 11 is 1.73. The van der Waals surface area contributed by atoms with Gasteiger partial charge >= 0.3 is 5.97 Å². The lowest BCUT2D eigenvalue weighted by Gasteiger charge is -2.26. The number of hydrogen-bond donors (Lipinski definition) is 1. The third-order valence-corrected chi connectivity index (χ3v) is 4.10. The number of thiophene rings is 1. The average Bonchev–Trinajstić information content (AvgIpc) is 2.91. The van der Waals surface area contributed by atoms with Crippen LogP contribution in [0.1, 0.15) is 28.2 Å². The van der Waals surface area contributed by atoms with Crippen molar-refractivity contribution in [2.75, 3.05) is 11.9 Å². The number of carboxylic acid groups (broad SMARTS) is 1. The van der Waals surface area contributed by atoms with Crippen molar-refractivity contribution in [2.24, 2.45) is 0 Å². The first-order valence-corrected chi connectivity index (χ1v) is 6.57. The van der Waals surface area contributed by atoms with E-state index in [2.05, 4.69) is 23.3 Å². The molecule has 0 aliphatic heterocycles. The van der Waals surface area contributed by atoms with E-state index in [0.717, 1.165) is 5.69 Å². The zero-order valence-corrected chi connectivity index (χ0v) is 11.1. The summed E-state index contributed by atoms with van der Waals surface area (Å²) in [6.07, 6.45) is 0. The molecular formula is C14H15NO2S. The molecule has 0 bridgehead atoms. The van der Waals surface area contributed by atoms with Crippen molar-refractivity contribution in [3.05, 3.63) is 52.2 Å². The zero-order chi connectivity index (χ0) is 13.1. The SMILES string of the molecule is CC(c1cccs1)N(C)c1ccc(C(=O)O)cc1. The molecule has 0 saturated heterocycles. The second-order valence-corrected chi connectivity index (χ2v) is 5.13. The lowest BCUT2D eigenvalue weighted by Crippen LogP contribution is -2.20. The van der Waals surface area contributed by atoms with Crippen molar-refractivity contribution in [3.63, 3.8) is 0 Å². The van der Waals surface area contributed by atoms with E-state index >= 15 is 0 Å². The number of hydrogen-bond acceptors (Lipinski definition) is 3. The Kier molecular flexibility index (Phi) is 3.67. The summed E-state index contributed by atoms with van der Waals surface area (Å²) in [7, 11) is 2.01. The summed E-state index contributed by atoms with van der Waals surface area (Å²) in [6, 6.07) is 11.4. The molecule has 0 aliphatic rings. The summed E-state index contributed by atoms with van der Waals surface area (Å²) < 4.78 is 0. The summed E-state index contributed by atoms with van der Waals surface area (Å²) in [4.78, 5) is 14.2. The molecular weight excluding hydrogens is 246 g/mol. The maximum atomic E-state index is 10.8. The Morgan fingerprint density at radius 1 is 1.28 bits per heavy atom. The lowest BCUT2D eigenvalue weighted by atomic mass is 10.1. The van der Waals surface area contributed by atoms with Crippen LogP contribution < -0.4 is 4.90 Å². The van der Waals surface area contributed by atoms with Gasteiger partial charge in [0.05, 0.1) is 11.6 Å². The van der Waals surface area contributed by atoms with Crippen LogP contribution in [0.15, 0.2) is 41.8 Å². The van der Waals surface area contributed by atoms with Gasteiger partial charge in [0.25, 0.3) is 0 Å². The van der Waals surface area contributed by atoms with Gasteiger partial charge in [0, 0.05) is 17.6 Å². The van der Waals surface area contributed by atoms with E-state index in [1.165, 1.54) is 4.88 Å². The van der Waals surface area contributed by atoms with Gasteiger partial charge in [-0.05, 0) is 42.6 Å². The molecule has 1 heterocycles. The number of nitrogens with zero attached hydrogens (tertiary/aromatic N) is 1. The molecule has 2 aromatic rings. The van der Waals surface area contributed by atoms with Crippen molar-refractivity contribution >= 4 is 23.0 Å². The minimum absolute atomic E-state index is 0.278. The van der Waals surface area contributed by atoms with Crippen LogP contribution in [0, 0.1) is 0 Å². The minimum atomic E-state index is -0.893. The first-order valence-electron chi connectivity index (χ1n) is 5.69. The summed E-state index contributed by atoms with van der Waals surface area (Å²) in [5, 5.41) is 10.9. The van der Waals surface area contributed by atoms with E-state index in [9.17, 15) is 4.79 Å². The quantitative estimate of drug-likeness (QED) is 0.913. The highest BCUT2D eigenvalue weighted by molar-refractivity contribution is 7.10. The maximum Gasteiger partial charge on any atom is 0.335 e. The second-order valence-electron chi connectivity index (χ2n) is 4.15. The molecule has 4 heteroatoms. The number of carboxylic acids is 1. The molecule has 1 atom stereocenters.